The molecule has 2 fully saturated rings. The molecule has 7 rings (SSSR count). The minimum Gasteiger partial charge on any atom is -0.377 e. The maximum Gasteiger partial charge on any atom is 0.433 e. The summed E-state index contributed by atoms with van der Waals surface area (Å²) in [6.45, 7) is 5.70. The van der Waals surface area contributed by atoms with Crippen LogP contribution in [0.25, 0.3) is 22.2 Å². The SMILES string of the molecule is Cc1ncc(-c2cc3c(C#N)nn4c3c(n2)CCC/C=C/COC[C@@]23C[C@@H](C(=O)Nc5nc(C(F)(F)F)ccc5C)N(C(=O)C4)C2C3C)cn1. The topological polar surface area (TPSA) is 152 Å². The van der Waals surface area contributed by atoms with E-state index in [4.69, 9.17) is 9.72 Å². The van der Waals surface area contributed by atoms with E-state index in [-0.39, 0.29) is 36.4 Å². The number of anilines is 1. The van der Waals surface area contributed by atoms with Gasteiger partial charge in [0.25, 0.3) is 0 Å². The summed E-state index contributed by atoms with van der Waals surface area (Å²) in [5.41, 5.74) is 1.25. The number of nitrogens with zero attached hydrogens (tertiary/aromatic N) is 8. The molecule has 0 spiro atoms. The van der Waals surface area contributed by atoms with E-state index in [1.807, 2.05) is 19.1 Å². The maximum absolute atomic E-state index is 14.4. The van der Waals surface area contributed by atoms with Gasteiger partial charge < -0.3 is 15.0 Å². The Morgan fingerprint density at radius 2 is 1.94 bits per heavy atom. The van der Waals surface area contributed by atoms with Gasteiger partial charge in [-0.2, -0.15) is 23.5 Å². The lowest BCUT2D eigenvalue weighted by molar-refractivity contribution is -0.141. The number of rotatable bonds is 3. The summed E-state index contributed by atoms with van der Waals surface area (Å²) < 4.78 is 47.9. The van der Waals surface area contributed by atoms with Crippen LogP contribution < -0.4 is 5.32 Å². The van der Waals surface area contributed by atoms with Crippen molar-refractivity contribution in [2.45, 2.75) is 71.3 Å². The molecule has 1 saturated heterocycles. The smallest absolute Gasteiger partial charge is 0.377 e. The summed E-state index contributed by atoms with van der Waals surface area (Å²) in [5.74, 6) is -0.670. The fourth-order valence-electron chi connectivity index (χ4n) is 7.41. The summed E-state index contributed by atoms with van der Waals surface area (Å²) in [5, 5.41) is 17.8. The number of ether oxygens (including phenoxy) is 1. The monoisotopic (exact) mass is 685 g/mol. The number of aromatic nitrogens is 6. The van der Waals surface area contributed by atoms with Crippen molar-refractivity contribution in [2.24, 2.45) is 11.3 Å². The summed E-state index contributed by atoms with van der Waals surface area (Å²) in [6.07, 6.45) is 4.86. The average molecular weight is 686 g/mol. The lowest BCUT2D eigenvalue weighted by Crippen LogP contribution is -2.47. The van der Waals surface area contributed by atoms with Gasteiger partial charge in [-0.15, -0.1) is 0 Å². The predicted molar refractivity (Wildman–Crippen MR) is 174 cm³/mol. The zero-order valence-electron chi connectivity index (χ0n) is 27.7. The number of hydrogen-bond acceptors (Lipinski definition) is 9. The predicted octanol–water partition coefficient (Wildman–Crippen LogP) is 4.94. The third-order valence-electron chi connectivity index (χ3n) is 10.1. The van der Waals surface area contributed by atoms with Crippen LogP contribution in [0, 0.1) is 36.5 Å². The van der Waals surface area contributed by atoms with Gasteiger partial charge in [0, 0.05) is 34.8 Å². The van der Waals surface area contributed by atoms with Crippen LogP contribution in [0.2, 0.25) is 0 Å². The number of alkyl halides is 3. The Balaban J connectivity index is 1.28. The van der Waals surface area contributed by atoms with Crippen LogP contribution in [0.15, 0.2) is 42.7 Å². The fraction of sp³-hybridized carbons (Fsp3) is 0.429. The molecule has 6 heterocycles. The Bertz CT molecular complexity index is 2070. The summed E-state index contributed by atoms with van der Waals surface area (Å²) in [7, 11) is 0. The number of amides is 2. The molecule has 50 heavy (non-hydrogen) atoms. The first kappa shape index (κ1) is 33.3. The molecule has 4 aromatic rings. The normalized spacial score (nSPS) is 24.5. The molecule has 4 atom stereocenters. The molecule has 2 unspecified atom stereocenters. The van der Waals surface area contributed by atoms with Gasteiger partial charge in [-0.1, -0.05) is 25.1 Å². The van der Waals surface area contributed by atoms with Gasteiger partial charge in [0.2, 0.25) is 11.8 Å². The molecule has 2 bridgehead atoms. The molecular formula is C35H34F3N9O3. The Kier molecular flexibility index (Phi) is 8.37. The second-order valence-electron chi connectivity index (χ2n) is 13.2. The van der Waals surface area contributed by atoms with E-state index in [0.717, 1.165) is 18.9 Å². The van der Waals surface area contributed by atoms with Crippen molar-refractivity contribution < 1.29 is 27.5 Å². The van der Waals surface area contributed by atoms with Crippen LogP contribution in [-0.4, -0.2) is 71.7 Å². The molecule has 2 aliphatic heterocycles. The summed E-state index contributed by atoms with van der Waals surface area (Å²) in [6, 6.07) is 4.66. The fourth-order valence-corrected chi connectivity index (χ4v) is 7.41. The van der Waals surface area contributed by atoms with Crippen LogP contribution in [0.5, 0.6) is 0 Å². The first-order chi connectivity index (χ1) is 23.9. The van der Waals surface area contributed by atoms with Crippen molar-refractivity contribution in [3.05, 3.63) is 71.2 Å². The number of nitriles is 1. The Morgan fingerprint density at radius 3 is 2.68 bits per heavy atom. The number of hydrogen-bond donors (Lipinski definition) is 1. The van der Waals surface area contributed by atoms with E-state index < -0.39 is 35.1 Å². The molecule has 1 saturated carbocycles. The highest BCUT2D eigenvalue weighted by Crippen LogP contribution is 2.64. The molecule has 1 N–H and O–H groups in total. The van der Waals surface area contributed by atoms with Gasteiger partial charge in [-0.05, 0) is 63.1 Å². The van der Waals surface area contributed by atoms with Crippen LogP contribution in [0.3, 0.4) is 0 Å². The van der Waals surface area contributed by atoms with Crippen LogP contribution in [0.1, 0.15) is 54.7 Å². The quantitative estimate of drug-likeness (QED) is 0.296. The third kappa shape index (κ3) is 5.87. The molecule has 4 aromatic heterocycles. The van der Waals surface area contributed by atoms with E-state index in [2.05, 4.69) is 31.4 Å². The largest absolute Gasteiger partial charge is 0.433 e. The molecule has 12 nitrogen and oxygen atoms in total. The lowest BCUT2D eigenvalue weighted by atomic mass is 9.96. The van der Waals surface area contributed by atoms with Crippen molar-refractivity contribution in [1.82, 2.24) is 34.6 Å². The number of nitrogens with one attached hydrogen (secondary N) is 1. The Morgan fingerprint density at radius 1 is 1.16 bits per heavy atom. The van der Waals surface area contributed by atoms with Crippen molar-refractivity contribution >= 4 is 28.5 Å². The number of piperidine rings is 1. The molecule has 258 valence electrons. The first-order valence-electron chi connectivity index (χ1n) is 16.4. The van der Waals surface area contributed by atoms with Crippen molar-refractivity contribution in [1.29, 1.82) is 5.26 Å². The minimum absolute atomic E-state index is 0.00382. The first-order valence-corrected chi connectivity index (χ1v) is 16.4. The standard InChI is InChI=1S/C35H34F3N9O3/c1-19-9-10-28(35(36,37)38)43-32(19)44-33(49)27-13-34-18-50-11-7-5-4-6-8-24-30-23(12-25(42-24)22-15-40-21(3)41-16-22)26(14-39)45-46(30)17-29(48)47(27)31(34)20(34)2/h5,7,9-10,12,15-16,20,27,31H,4,6,8,11,13,17-18H2,1-3H3,(H,43,44,49)/b7-5+/t20?,27-,31?,34+/m0/s1. The third-order valence-corrected chi connectivity index (χ3v) is 10.1. The highest BCUT2D eigenvalue weighted by molar-refractivity contribution is 5.98. The lowest BCUT2D eigenvalue weighted by Gasteiger charge is -2.28. The number of halogens is 3. The van der Waals surface area contributed by atoms with Gasteiger partial charge >= 0.3 is 6.18 Å². The highest BCUT2D eigenvalue weighted by atomic mass is 19.4. The molecule has 0 radical (unpaired) electrons. The van der Waals surface area contributed by atoms with Crippen molar-refractivity contribution in [3.63, 3.8) is 0 Å². The van der Waals surface area contributed by atoms with Gasteiger partial charge in [-0.25, -0.2) is 15.0 Å². The number of pyridine rings is 2. The van der Waals surface area contributed by atoms with Crippen LogP contribution in [0.4, 0.5) is 19.0 Å². The van der Waals surface area contributed by atoms with E-state index in [9.17, 15) is 28.0 Å². The zero-order chi connectivity index (χ0) is 35.4. The second kappa shape index (κ2) is 12.6. The maximum atomic E-state index is 14.4. The van der Waals surface area contributed by atoms with Crippen LogP contribution >= 0.6 is 0 Å². The number of carbonyl (C=O) groups excluding carboxylic acids is 2. The van der Waals surface area contributed by atoms with E-state index in [0.29, 0.717) is 58.9 Å². The van der Waals surface area contributed by atoms with Gasteiger partial charge in [0.1, 0.15) is 36.0 Å². The molecule has 0 aromatic carbocycles. The van der Waals surface area contributed by atoms with E-state index in [1.165, 1.54) is 15.6 Å². The highest BCUT2D eigenvalue weighted by Gasteiger charge is 2.72. The molecule has 3 aliphatic rings. The van der Waals surface area contributed by atoms with Crippen molar-refractivity contribution in [3.8, 4) is 17.3 Å². The number of aryl methyl sites for hydroxylation is 3. The summed E-state index contributed by atoms with van der Waals surface area (Å²) in [4.78, 5) is 47.0. The van der Waals surface area contributed by atoms with Crippen molar-refractivity contribution in [2.75, 3.05) is 18.5 Å². The molecule has 2 amide bonds. The Hall–Kier alpha value is -5.23. The second-order valence-corrected chi connectivity index (χ2v) is 13.2. The Labute approximate surface area is 285 Å². The van der Waals surface area contributed by atoms with E-state index in [1.54, 1.807) is 32.3 Å². The number of allylic oxidation sites excluding steroid dienone is 1. The van der Waals surface area contributed by atoms with Gasteiger partial charge in [-0.3, -0.25) is 19.3 Å². The molecule has 15 heteroatoms. The minimum atomic E-state index is -4.70. The molecule has 1 aliphatic carbocycles. The number of carbonyl (C=O) groups is 2. The van der Waals surface area contributed by atoms with Gasteiger partial charge in [0.05, 0.1) is 30.1 Å². The zero-order valence-corrected chi connectivity index (χ0v) is 27.7. The van der Waals surface area contributed by atoms with Gasteiger partial charge in [0.15, 0.2) is 5.69 Å². The van der Waals surface area contributed by atoms with E-state index >= 15 is 0 Å². The van der Waals surface area contributed by atoms with Crippen LogP contribution in [-0.2, 0) is 33.5 Å². The summed E-state index contributed by atoms with van der Waals surface area (Å²) >= 11 is 0. The molecular weight excluding hydrogens is 651 g/mol. The average Bonchev–Trinajstić information content (AvgIpc) is 3.34.